The van der Waals surface area contributed by atoms with Gasteiger partial charge in [0, 0.05) is 45.5 Å². The summed E-state index contributed by atoms with van der Waals surface area (Å²) in [5.41, 5.74) is -0.511. The predicted octanol–water partition coefficient (Wildman–Crippen LogP) is 3.21. The summed E-state index contributed by atoms with van der Waals surface area (Å²) in [5, 5.41) is 6.20. The zero-order chi connectivity index (χ0) is 27.4. The highest BCUT2D eigenvalue weighted by Crippen LogP contribution is 2.29. The van der Waals surface area contributed by atoms with Gasteiger partial charge in [-0.15, -0.1) is 0 Å². The fourth-order valence-corrected chi connectivity index (χ4v) is 6.13. The first-order valence-electron chi connectivity index (χ1n) is 14.8. The summed E-state index contributed by atoms with van der Waals surface area (Å²) in [7, 11) is 1.77. The van der Waals surface area contributed by atoms with Crippen LogP contribution in [0.5, 0.6) is 0 Å². The Morgan fingerprint density at radius 3 is 2.45 bits per heavy atom. The lowest BCUT2D eigenvalue weighted by atomic mass is 9.84. The van der Waals surface area contributed by atoms with E-state index in [-0.39, 0.29) is 12.5 Å². The minimum Gasteiger partial charge on any atom is -0.450 e. The number of morpholine rings is 1. The molecule has 216 valence electrons. The van der Waals surface area contributed by atoms with Crippen molar-refractivity contribution in [1.29, 1.82) is 0 Å². The van der Waals surface area contributed by atoms with Crippen molar-refractivity contribution in [2.75, 3.05) is 53.0 Å². The number of carbonyl (C=O) groups excluding carboxylic acids is 2. The van der Waals surface area contributed by atoms with E-state index >= 15 is 0 Å². The minimum absolute atomic E-state index is 0.0988. The number of hydrogen-bond donors (Lipinski definition) is 2. The summed E-state index contributed by atoms with van der Waals surface area (Å²) in [4.78, 5) is 40.2. The average Bonchev–Trinajstić information content (AvgIpc) is 3.33. The highest BCUT2D eigenvalue weighted by atomic mass is 16.5. The molecule has 0 aromatic heterocycles. The van der Waals surface area contributed by atoms with E-state index in [0.717, 1.165) is 45.2 Å². The van der Waals surface area contributed by atoms with Gasteiger partial charge in [0.15, 0.2) is 0 Å². The molecule has 2 atom stereocenters. The van der Waals surface area contributed by atoms with Crippen LogP contribution in [0, 0.1) is 5.92 Å². The summed E-state index contributed by atoms with van der Waals surface area (Å²) in [6, 6.07) is -0.112. The minimum atomic E-state index is -0.609. The number of rotatable bonds is 10. The fraction of sp³-hybridized carbons (Fsp3) is 0.857. The average molecular weight is 535 g/mol. The molecule has 3 fully saturated rings. The maximum Gasteiger partial charge on any atom is 0.413 e. The highest BCUT2D eigenvalue weighted by molar-refractivity contribution is 5.96. The summed E-state index contributed by atoms with van der Waals surface area (Å²) < 4.78 is 10.7. The molecule has 10 nitrogen and oxygen atoms in total. The first kappa shape index (κ1) is 30.3. The van der Waals surface area contributed by atoms with Crippen LogP contribution in [0.1, 0.15) is 78.6 Å². The van der Waals surface area contributed by atoms with Crippen molar-refractivity contribution >= 4 is 24.2 Å². The van der Waals surface area contributed by atoms with E-state index < -0.39 is 17.7 Å². The van der Waals surface area contributed by atoms with Crippen molar-refractivity contribution in [3.8, 4) is 0 Å². The number of alkyl carbamates (subject to hydrolysis) is 1. The van der Waals surface area contributed by atoms with Gasteiger partial charge in [0.2, 0.25) is 11.9 Å². The topological polar surface area (TPSA) is 108 Å². The second-order valence-corrected chi connectivity index (χ2v) is 10.9. The molecule has 0 aromatic carbocycles. The number of nitrogens with one attached hydrogen (secondary N) is 2. The molecule has 0 radical (unpaired) electrons. The van der Waals surface area contributed by atoms with E-state index in [0.29, 0.717) is 50.6 Å². The van der Waals surface area contributed by atoms with E-state index in [9.17, 15) is 9.59 Å². The molecule has 2 amide bonds. The molecular formula is C28H50N6O4. The maximum absolute atomic E-state index is 14.0. The van der Waals surface area contributed by atoms with Gasteiger partial charge in [0.1, 0.15) is 6.04 Å². The monoisotopic (exact) mass is 534 g/mol. The van der Waals surface area contributed by atoms with Crippen LogP contribution in [0.3, 0.4) is 0 Å². The molecule has 0 spiro atoms. The summed E-state index contributed by atoms with van der Waals surface area (Å²) in [6.07, 6.45) is 10.9. The predicted molar refractivity (Wildman–Crippen MR) is 151 cm³/mol. The van der Waals surface area contributed by atoms with E-state index in [1.807, 2.05) is 11.1 Å². The fourth-order valence-electron chi connectivity index (χ4n) is 6.13. The molecule has 1 saturated carbocycles. The summed E-state index contributed by atoms with van der Waals surface area (Å²) >= 11 is 0. The Bertz CT molecular complexity index is 805. The first-order valence-corrected chi connectivity index (χ1v) is 14.8. The van der Waals surface area contributed by atoms with Crippen molar-refractivity contribution in [1.82, 2.24) is 20.4 Å². The molecule has 1 unspecified atom stereocenters. The van der Waals surface area contributed by atoms with Gasteiger partial charge >= 0.3 is 6.09 Å². The molecule has 1 aliphatic carbocycles. The number of hydrogen-bond acceptors (Lipinski definition) is 7. The first-order chi connectivity index (χ1) is 18.4. The van der Waals surface area contributed by atoms with Gasteiger partial charge in [0.05, 0.1) is 25.4 Å². The Kier molecular flexibility index (Phi) is 12.3. The van der Waals surface area contributed by atoms with Crippen molar-refractivity contribution in [2.45, 2.75) is 96.2 Å². The molecule has 3 aliphatic rings. The normalized spacial score (nSPS) is 24.7. The van der Waals surface area contributed by atoms with Crippen molar-refractivity contribution < 1.29 is 19.1 Å². The van der Waals surface area contributed by atoms with E-state index in [1.165, 1.54) is 19.3 Å². The third-order valence-corrected chi connectivity index (χ3v) is 8.20. The number of carbonyl (C=O) groups is 2. The van der Waals surface area contributed by atoms with Gasteiger partial charge in [-0.3, -0.25) is 20.0 Å². The number of nitrogens with zero attached hydrogens (tertiary/aromatic N) is 4. The van der Waals surface area contributed by atoms with E-state index in [1.54, 1.807) is 14.0 Å². The smallest absolute Gasteiger partial charge is 0.413 e. The third kappa shape index (κ3) is 8.66. The number of amides is 2. The third-order valence-electron chi connectivity index (χ3n) is 8.20. The zero-order valence-electron chi connectivity index (χ0n) is 24.0. The van der Waals surface area contributed by atoms with Crippen LogP contribution in [0.15, 0.2) is 9.98 Å². The van der Waals surface area contributed by atoms with Crippen LogP contribution in [0.25, 0.3) is 0 Å². The van der Waals surface area contributed by atoms with Crippen LogP contribution in [-0.2, 0) is 14.3 Å². The Hall–Kier alpha value is -2.20. The number of likely N-dealkylation sites (tertiary alicyclic amines) is 1. The van der Waals surface area contributed by atoms with Gasteiger partial charge < -0.3 is 19.7 Å². The molecule has 2 heterocycles. The molecule has 10 heteroatoms. The van der Waals surface area contributed by atoms with Crippen molar-refractivity contribution in [2.24, 2.45) is 15.9 Å². The van der Waals surface area contributed by atoms with Crippen LogP contribution in [0.2, 0.25) is 0 Å². The Balaban J connectivity index is 1.86. The van der Waals surface area contributed by atoms with Gasteiger partial charge in [-0.1, -0.05) is 46.0 Å². The Labute approximate surface area is 229 Å². The molecule has 2 saturated heterocycles. The lowest BCUT2D eigenvalue weighted by molar-refractivity contribution is -0.123. The summed E-state index contributed by atoms with van der Waals surface area (Å²) in [5.74, 6) is 0.737. The molecule has 2 aliphatic heterocycles. The SMILES string of the molecule is CCOC(=O)NC(=N[C@@H](CC1CCCCC1)C(=O)NC1(C=NC)CCN(C(CC)CC)C1)N1CCOCC1. The zero-order valence-corrected chi connectivity index (χ0v) is 24.0. The second kappa shape index (κ2) is 15.4. The molecule has 3 rings (SSSR count). The number of aliphatic imine (C=N–C) groups is 2. The second-order valence-electron chi connectivity index (χ2n) is 10.9. The van der Waals surface area contributed by atoms with Gasteiger partial charge in [0.25, 0.3) is 0 Å². The number of ether oxygens (including phenoxy) is 2. The lowest BCUT2D eigenvalue weighted by Gasteiger charge is -2.33. The molecule has 0 bridgehead atoms. The van der Waals surface area contributed by atoms with Crippen molar-refractivity contribution in [3.63, 3.8) is 0 Å². The Morgan fingerprint density at radius 2 is 1.82 bits per heavy atom. The molecule has 0 aromatic rings. The van der Waals surface area contributed by atoms with Gasteiger partial charge in [-0.05, 0) is 38.5 Å². The van der Waals surface area contributed by atoms with Gasteiger partial charge in [-0.2, -0.15) is 0 Å². The molecule has 38 heavy (non-hydrogen) atoms. The quantitative estimate of drug-likeness (QED) is 0.329. The largest absolute Gasteiger partial charge is 0.450 e. The van der Waals surface area contributed by atoms with E-state index in [2.05, 4.69) is 34.4 Å². The molecule has 2 N–H and O–H groups in total. The van der Waals surface area contributed by atoms with Crippen LogP contribution in [0.4, 0.5) is 4.79 Å². The molecular weight excluding hydrogens is 484 g/mol. The summed E-state index contributed by atoms with van der Waals surface area (Å²) in [6.45, 7) is 10.4. The standard InChI is InChI=1S/C28H50N6O4/c1-5-23(6-2)34-14-13-28(21-34,20-29-4)32-25(35)24(19-22-11-9-8-10-12-22)30-26(31-27(36)38-7-3)33-15-17-37-18-16-33/h20,22-24H,5-19,21H2,1-4H3,(H,32,35)(H,30,31,36)/t24-,28?/m0/s1. The van der Waals surface area contributed by atoms with Crippen LogP contribution in [-0.4, -0.2) is 105 Å². The van der Waals surface area contributed by atoms with E-state index in [4.69, 9.17) is 14.5 Å². The van der Waals surface area contributed by atoms with Gasteiger partial charge in [-0.25, -0.2) is 9.79 Å². The van der Waals surface area contributed by atoms with Crippen LogP contribution < -0.4 is 10.6 Å². The van der Waals surface area contributed by atoms with Crippen LogP contribution >= 0.6 is 0 Å². The highest BCUT2D eigenvalue weighted by Gasteiger charge is 2.41. The number of guanidine groups is 1. The Morgan fingerprint density at radius 1 is 1.11 bits per heavy atom. The lowest BCUT2D eigenvalue weighted by Crippen LogP contribution is -2.56. The maximum atomic E-state index is 14.0. The van der Waals surface area contributed by atoms with Crippen molar-refractivity contribution in [3.05, 3.63) is 0 Å².